The summed E-state index contributed by atoms with van der Waals surface area (Å²) in [6.07, 6.45) is 0.800. The second-order valence-corrected chi connectivity index (χ2v) is 5.71. The Morgan fingerprint density at radius 2 is 1.71 bits per heavy atom. The zero-order chi connectivity index (χ0) is 11.2. The molecular formula is C8H20N2O3S. The Labute approximate surface area is 86.4 Å². The summed E-state index contributed by atoms with van der Waals surface area (Å²) in [6, 6.07) is 0. The zero-order valence-corrected chi connectivity index (χ0v) is 9.92. The van der Waals surface area contributed by atoms with Gasteiger partial charge < -0.3 is 10.0 Å². The maximum atomic E-state index is 11.4. The van der Waals surface area contributed by atoms with Crippen LogP contribution in [0, 0.1) is 0 Å². The second kappa shape index (κ2) is 6.34. The normalized spacial score (nSPS) is 12.7. The van der Waals surface area contributed by atoms with Gasteiger partial charge in [-0.2, -0.15) is 0 Å². The van der Waals surface area contributed by atoms with Crippen molar-refractivity contribution in [3.8, 4) is 0 Å². The molecule has 1 N–H and O–H groups in total. The summed E-state index contributed by atoms with van der Waals surface area (Å²) in [4.78, 5) is 2.01. The maximum absolute atomic E-state index is 11.4. The fourth-order valence-corrected chi connectivity index (χ4v) is 1.97. The first-order valence-electron chi connectivity index (χ1n) is 4.59. The lowest BCUT2D eigenvalue weighted by Gasteiger charge is -2.17. The summed E-state index contributed by atoms with van der Waals surface area (Å²) in [5, 5.41) is 8.55. The van der Waals surface area contributed by atoms with Gasteiger partial charge in [0.15, 0.2) is 0 Å². The van der Waals surface area contributed by atoms with Crippen LogP contribution in [0.2, 0.25) is 0 Å². The topological polar surface area (TPSA) is 60.9 Å². The van der Waals surface area contributed by atoms with Crippen molar-refractivity contribution in [2.75, 3.05) is 46.6 Å². The molecule has 0 saturated heterocycles. The Morgan fingerprint density at radius 1 is 1.14 bits per heavy atom. The molecule has 0 aliphatic heterocycles. The average Bonchev–Trinajstić information content (AvgIpc) is 2.03. The van der Waals surface area contributed by atoms with Crippen LogP contribution in [-0.4, -0.2) is 69.3 Å². The van der Waals surface area contributed by atoms with Gasteiger partial charge in [-0.05, 0) is 27.1 Å². The van der Waals surface area contributed by atoms with E-state index >= 15 is 0 Å². The van der Waals surface area contributed by atoms with E-state index in [0.717, 1.165) is 13.0 Å². The molecule has 0 rings (SSSR count). The molecule has 0 spiro atoms. The summed E-state index contributed by atoms with van der Waals surface area (Å²) < 4.78 is 24.0. The van der Waals surface area contributed by atoms with E-state index < -0.39 is 10.0 Å². The molecule has 0 atom stereocenters. The van der Waals surface area contributed by atoms with E-state index in [-0.39, 0.29) is 12.4 Å². The van der Waals surface area contributed by atoms with Gasteiger partial charge in [-0.3, -0.25) is 0 Å². The zero-order valence-electron chi connectivity index (χ0n) is 9.10. The van der Waals surface area contributed by atoms with Gasteiger partial charge in [0.25, 0.3) is 0 Å². The van der Waals surface area contributed by atoms with Crippen molar-refractivity contribution in [2.24, 2.45) is 0 Å². The van der Waals surface area contributed by atoms with Crippen LogP contribution in [-0.2, 0) is 10.0 Å². The number of aliphatic hydroxyl groups excluding tert-OH is 1. The van der Waals surface area contributed by atoms with Crippen molar-refractivity contribution in [3.63, 3.8) is 0 Å². The molecule has 0 bridgehead atoms. The third-order valence-corrected chi connectivity index (χ3v) is 3.73. The monoisotopic (exact) mass is 224 g/mol. The number of hydrogen-bond acceptors (Lipinski definition) is 4. The van der Waals surface area contributed by atoms with Crippen molar-refractivity contribution in [3.05, 3.63) is 0 Å². The molecule has 0 aromatic carbocycles. The van der Waals surface area contributed by atoms with Crippen molar-refractivity contribution in [2.45, 2.75) is 6.42 Å². The maximum Gasteiger partial charge on any atom is 0.216 e. The molecule has 0 aliphatic rings. The summed E-state index contributed by atoms with van der Waals surface area (Å²) in [5.41, 5.74) is 0. The first-order valence-corrected chi connectivity index (χ1v) is 6.20. The lowest BCUT2D eigenvalue weighted by Crippen LogP contribution is -2.32. The van der Waals surface area contributed by atoms with Gasteiger partial charge in [-0.1, -0.05) is 0 Å². The molecule has 5 nitrogen and oxygen atoms in total. The molecule has 0 aromatic heterocycles. The molecule has 6 heteroatoms. The van der Waals surface area contributed by atoms with E-state index in [1.165, 1.54) is 4.31 Å². The van der Waals surface area contributed by atoms with Crippen molar-refractivity contribution in [1.29, 1.82) is 0 Å². The van der Waals surface area contributed by atoms with Crippen molar-refractivity contribution in [1.82, 2.24) is 9.21 Å². The second-order valence-electron chi connectivity index (χ2n) is 3.52. The minimum Gasteiger partial charge on any atom is -0.395 e. The van der Waals surface area contributed by atoms with Crippen LogP contribution >= 0.6 is 0 Å². The minimum atomic E-state index is -3.24. The number of nitrogens with zero attached hydrogens (tertiary/aromatic N) is 2. The summed E-state index contributed by atoms with van der Waals surface area (Å²) >= 11 is 0. The van der Waals surface area contributed by atoms with Crippen LogP contribution in [0.25, 0.3) is 0 Å². The highest BCUT2D eigenvalue weighted by Crippen LogP contribution is 1.99. The van der Waals surface area contributed by atoms with Gasteiger partial charge in [0, 0.05) is 13.6 Å². The molecule has 0 amide bonds. The Kier molecular flexibility index (Phi) is 6.26. The molecule has 0 saturated carbocycles. The van der Waals surface area contributed by atoms with Crippen LogP contribution in [0.5, 0.6) is 0 Å². The van der Waals surface area contributed by atoms with Crippen molar-refractivity contribution < 1.29 is 13.5 Å². The number of aliphatic hydroxyl groups is 1. The van der Waals surface area contributed by atoms with E-state index in [1.54, 1.807) is 7.05 Å². The van der Waals surface area contributed by atoms with E-state index in [2.05, 4.69) is 0 Å². The van der Waals surface area contributed by atoms with Crippen LogP contribution in [0.15, 0.2) is 0 Å². The fraction of sp³-hybridized carbons (Fsp3) is 1.00. The van der Waals surface area contributed by atoms with E-state index in [1.807, 2.05) is 19.0 Å². The van der Waals surface area contributed by atoms with E-state index in [0.29, 0.717) is 6.54 Å². The quantitative estimate of drug-likeness (QED) is 0.614. The van der Waals surface area contributed by atoms with Crippen LogP contribution < -0.4 is 0 Å². The van der Waals surface area contributed by atoms with Gasteiger partial charge in [0.05, 0.1) is 12.4 Å². The van der Waals surface area contributed by atoms with Crippen molar-refractivity contribution >= 4 is 10.0 Å². The molecule has 86 valence electrons. The van der Waals surface area contributed by atoms with Crippen LogP contribution in [0.4, 0.5) is 0 Å². The molecule has 0 fully saturated rings. The van der Waals surface area contributed by atoms with Gasteiger partial charge in [-0.25, -0.2) is 12.7 Å². The molecule has 0 radical (unpaired) electrons. The Balaban J connectivity index is 3.89. The third kappa shape index (κ3) is 5.54. The standard InChI is InChI=1S/C8H20N2O3S/c1-9(2)5-4-6-10(3)14(12,13)8-7-11/h11H,4-8H2,1-3H3. The average molecular weight is 224 g/mol. The van der Waals surface area contributed by atoms with Gasteiger partial charge in [0.1, 0.15) is 0 Å². The Hall–Kier alpha value is -0.170. The summed E-state index contributed by atoms with van der Waals surface area (Å²) in [5.74, 6) is -0.189. The Morgan fingerprint density at radius 3 is 2.14 bits per heavy atom. The highest BCUT2D eigenvalue weighted by molar-refractivity contribution is 7.89. The molecule has 14 heavy (non-hydrogen) atoms. The Bertz CT molecular complexity index is 239. The minimum absolute atomic E-state index is 0.189. The SMILES string of the molecule is CN(C)CCCN(C)S(=O)(=O)CCO. The predicted octanol–water partition coefficient (Wildman–Crippen LogP) is -0.808. The summed E-state index contributed by atoms with van der Waals surface area (Å²) in [6.45, 7) is 1.04. The number of rotatable bonds is 7. The molecule has 0 heterocycles. The highest BCUT2D eigenvalue weighted by atomic mass is 32.2. The number of hydrogen-bond donors (Lipinski definition) is 1. The van der Waals surface area contributed by atoms with Crippen LogP contribution in [0.1, 0.15) is 6.42 Å². The van der Waals surface area contributed by atoms with Gasteiger partial charge >= 0.3 is 0 Å². The fourth-order valence-electron chi connectivity index (χ4n) is 1.02. The predicted molar refractivity (Wildman–Crippen MR) is 56.7 cm³/mol. The lowest BCUT2D eigenvalue weighted by molar-refractivity contribution is 0.314. The molecule has 0 unspecified atom stereocenters. The first kappa shape index (κ1) is 13.8. The van der Waals surface area contributed by atoms with Crippen LogP contribution in [0.3, 0.4) is 0 Å². The molecule has 0 aromatic rings. The van der Waals surface area contributed by atoms with E-state index in [9.17, 15) is 8.42 Å². The van der Waals surface area contributed by atoms with Gasteiger partial charge in [0.2, 0.25) is 10.0 Å². The largest absolute Gasteiger partial charge is 0.395 e. The van der Waals surface area contributed by atoms with E-state index in [4.69, 9.17) is 5.11 Å². The smallest absolute Gasteiger partial charge is 0.216 e. The van der Waals surface area contributed by atoms with Gasteiger partial charge in [-0.15, -0.1) is 0 Å². The number of sulfonamides is 1. The summed E-state index contributed by atoms with van der Waals surface area (Å²) in [7, 11) is 2.19. The highest BCUT2D eigenvalue weighted by Gasteiger charge is 2.15. The molecule has 0 aliphatic carbocycles. The first-order chi connectivity index (χ1) is 6.40. The molecular weight excluding hydrogens is 204 g/mol. The third-order valence-electron chi connectivity index (χ3n) is 1.90. The lowest BCUT2D eigenvalue weighted by atomic mass is 10.4.